The molecule has 3 aromatic rings. The van der Waals surface area contributed by atoms with Crippen LogP contribution in [0.5, 0.6) is 0 Å². The van der Waals surface area contributed by atoms with E-state index in [1.165, 1.54) is 11.3 Å². The monoisotopic (exact) mass is 331 g/mol. The molecule has 0 saturated carbocycles. The second-order valence-electron chi connectivity index (χ2n) is 5.24. The van der Waals surface area contributed by atoms with Crippen LogP contribution in [-0.4, -0.2) is 27.7 Å². The molecule has 0 aliphatic carbocycles. The Balaban J connectivity index is 1.49. The van der Waals surface area contributed by atoms with Gasteiger partial charge < -0.3 is 14.9 Å². The van der Waals surface area contributed by atoms with Gasteiger partial charge in [0.05, 0.1) is 0 Å². The van der Waals surface area contributed by atoms with E-state index < -0.39 is 6.10 Å². The number of amides is 1. The number of carbonyl (C=O) groups is 1. The molecule has 2 aromatic heterocycles. The smallest absolute Gasteiger partial charge is 0.227 e. The molecule has 2 N–H and O–H groups in total. The molecular weight excluding hydrogens is 314 g/mol. The maximum Gasteiger partial charge on any atom is 0.227 e. The molecule has 1 aromatic carbocycles. The van der Waals surface area contributed by atoms with Crippen LogP contribution < -0.4 is 5.32 Å². The molecule has 1 atom stereocenters. The molecule has 6 nitrogen and oxygen atoms in total. The van der Waals surface area contributed by atoms with E-state index in [9.17, 15) is 9.90 Å². The zero-order valence-electron chi connectivity index (χ0n) is 12.7. The minimum Gasteiger partial charge on any atom is -0.386 e. The minimum absolute atomic E-state index is 0.152. The predicted octanol–water partition coefficient (Wildman–Crippen LogP) is 2.38. The molecule has 2 heterocycles. The van der Waals surface area contributed by atoms with Gasteiger partial charge in [-0.3, -0.25) is 4.79 Å². The first-order valence-corrected chi connectivity index (χ1v) is 8.16. The number of benzene rings is 1. The number of nitrogens with one attached hydrogen (secondary N) is 1. The molecule has 1 amide bonds. The zero-order valence-corrected chi connectivity index (χ0v) is 13.5. The summed E-state index contributed by atoms with van der Waals surface area (Å²) >= 11 is 1.54. The van der Waals surface area contributed by atoms with Gasteiger partial charge in [0.2, 0.25) is 11.8 Å². The Morgan fingerprint density at radius 2 is 2.26 bits per heavy atom. The van der Waals surface area contributed by atoms with Crippen molar-refractivity contribution in [3.63, 3.8) is 0 Å². The molecule has 0 fully saturated rings. The van der Waals surface area contributed by atoms with Crippen molar-refractivity contribution < 1.29 is 14.4 Å². The van der Waals surface area contributed by atoms with Gasteiger partial charge in [0.25, 0.3) is 0 Å². The van der Waals surface area contributed by atoms with Gasteiger partial charge in [-0.2, -0.15) is 4.98 Å². The summed E-state index contributed by atoms with van der Waals surface area (Å²) in [6.07, 6.45) is -0.0612. The summed E-state index contributed by atoms with van der Waals surface area (Å²) in [4.78, 5) is 16.7. The van der Waals surface area contributed by atoms with Gasteiger partial charge in [-0.05, 0) is 24.4 Å². The van der Waals surface area contributed by atoms with Crippen LogP contribution in [0.2, 0.25) is 0 Å². The van der Waals surface area contributed by atoms with E-state index in [2.05, 4.69) is 15.5 Å². The Bertz CT molecular complexity index is 779. The lowest BCUT2D eigenvalue weighted by atomic mass is 10.2. The third-order valence-corrected chi connectivity index (χ3v) is 4.62. The number of nitrogens with zero attached hydrogens (tertiary/aromatic N) is 2. The molecule has 0 aliphatic heterocycles. The van der Waals surface area contributed by atoms with E-state index in [0.29, 0.717) is 18.1 Å². The quantitative estimate of drug-likeness (QED) is 0.724. The maximum absolute atomic E-state index is 11.8. The molecule has 7 heteroatoms. The molecule has 0 aliphatic rings. The predicted molar refractivity (Wildman–Crippen MR) is 87.2 cm³/mol. The number of rotatable bonds is 6. The van der Waals surface area contributed by atoms with Crippen LogP contribution in [-0.2, 0) is 11.2 Å². The van der Waals surface area contributed by atoms with Crippen LogP contribution in [0.1, 0.15) is 29.1 Å². The molecule has 120 valence electrons. The third kappa shape index (κ3) is 3.94. The average molecular weight is 331 g/mol. The lowest BCUT2D eigenvalue weighted by molar-refractivity contribution is -0.121. The fraction of sp³-hybridized carbons (Fsp3) is 0.312. The second-order valence-corrected chi connectivity index (χ2v) is 6.36. The van der Waals surface area contributed by atoms with E-state index in [0.717, 1.165) is 15.0 Å². The van der Waals surface area contributed by atoms with E-state index in [1.807, 2.05) is 30.3 Å². The number of carbonyl (C=O) groups excluding carboxylic acids is 1. The number of hydrogen-bond acceptors (Lipinski definition) is 6. The van der Waals surface area contributed by atoms with Crippen LogP contribution in [0, 0.1) is 6.92 Å². The van der Waals surface area contributed by atoms with Gasteiger partial charge in [-0.1, -0.05) is 23.4 Å². The summed E-state index contributed by atoms with van der Waals surface area (Å²) in [7, 11) is 0. The number of thiophene rings is 1. The minimum atomic E-state index is -0.706. The SMILES string of the molecule is Cc1noc(CCC(=O)NCC(O)c2cc3ccccc3s2)n1. The van der Waals surface area contributed by atoms with Crippen LogP contribution in [0.3, 0.4) is 0 Å². The lowest BCUT2D eigenvalue weighted by Gasteiger charge is -2.09. The van der Waals surface area contributed by atoms with Gasteiger partial charge in [-0.15, -0.1) is 11.3 Å². The Hall–Kier alpha value is -2.25. The van der Waals surface area contributed by atoms with E-state index in [1.54, 1.807) is 6.92 Å². The number of hydrogen-bond donors (Lipinski definition) is 2. The lowest BCUT2D eigenvalue weighted by Crippen LogP contribution is -2.28. The van der Waals surface area contributed by atoms with Crippen LogP contribution in [0.4, 0.5) is 0 Å². The Morgan fingerprint density at radius 1 is 1.43 bits per heavy atom. The molecule has 0 spiro atoms. The number of aliphatic hydroxyl groups excluding tert-OH is 1. The topological polar surface area (TPSA) is 88.2 Å². The Labute approximate surface area is 137 Å². The molecule has 0 radical (unpaired) electrons. The molecular formula is C16H17N3O3S. The summed E-state index contributed by atoms with van der Waals surface area (Å²) in [6.45, 7) is 1.92. The second kappa shape index (κ2) is 6.89. The van der Waals surface area contributed by atoms with Gasteiger partial charge in [0, 0.05) is 29.0 Å². The largest absolute Gasteiger partial charge is 0.386 e. The van der Waals surface area contributed by atoms with Crippen molar-refractivity contribution in [3.05, 3.63) is 46.9 Å². The van der Waals surface area contributed by atoms with Crippen molar-refractivity contribution in [2.45, 2.75) is 25.9 Å². The van der Waals surface area contributed by atoms with Gasteiger partial charge in [0.15, 0.2) is 5.82 Å². The third-order valence-electron chi connectivity index (χ3n) is 3.40. The summed E-state index contributed by atoms with van der Waals surface area (Å²) in [6, 6.07) is 9.91. The van der Waals surface area contributed by atoms with E-state index in [-0.39, 0.29) is 18.9 Å². The van der Waals surface area contributed by atoms with Crippen LogP contribution in [0.15, 0.2) is 34.9 Å². The number of aryl methyl sites for hydroxylation is 2. The fourth-order valence-electron chi connectivity index (χ4n) is 2.23. The maximum atomic E-state index is 11.8. The molecule has 3 rings (SSSR count). The van der Waals surface area contributed by atoms with Crippen molar-refractivity contribution in [1.82, 2.24) is 15.5 Å². The molecule has 0 bridgehead atoms. The van der Waals surface area contributed by atoms with Gasteiger partial charge in [0.1, 0.15) is 6.10 Å². The average Bonchev–Trinajstić information content (AvgIpc) is 3.16. The van der Waals surface area contributed by atoms with Crippen LogP contribution in [0.25, 0.3) is 10.1 Å². The molecule has 0 saturated heterocycles. The van der Waals surface area contributed by atoms with Crippen molar-refractivity contribution in [2.75, 3.05) is 6.54 Å². The zero-order chi connectivity index (χ0) is 16.2. The molecule has 1 unspecified atom stereocenters. The Kier molecular flexibility index (Phi) is 4.68. The fourth-order valence-corrected chi connectivity index (χ4v) is 3.28. The highest BCUT2D eigenvalue weighted by Gasteiger charge is 2.13. The number of aromatic nitrogens is 2. The highest BCUT2D eigenvalue weighted by atomic mass is 32.1. The van der Waals surface area contributed by atoms with Gasteiger partial charge in [-0.25, -0.2) is 0 Å². The summed E-state index contributed by atoms with van der Waals surface area (Å²) < 4.78 is 6.08. The van der Waals surface area contributed by atoms with E-state index >= 15 is 0 Å². The highest BCUT2D eigenvalue weighted by Crippen LogP contribution is 2.29. The normalized spacial score (nSPS) is 12.4. The molecule has 23 heavy (non-hydrogen) atoms. The van der Waals surface area contributed by atoms with E-state index in [4.69, 9.17) is 4.52 Å². The first kappa shape index (κ1) is 15.6. The Morgan fingerprint density at radius 3 is 3.00 bits per heavy atom. The number of fused-ring (bicyclic) bond motifs is 1. The van der Waals surface area contributed by atoms with Crippen molar-refractivity contribution in [3.8, 4) is 0 Å². The van der Waals surface area contributed by atoms with Crippen molar-refractivity contribution in [1.29, 1.82) is 0 Å². The van der Waals surface area contributed by atoms with Crippen LogP contribution >= 0.6 is 11.3 Å². The van der Waals surface area contributed by atoms with Crippen molar-refractivity contribution >= 4 is 27.3 Å². The standard InChI is InChI=1S/C16H17N3O3S/c1-10-18-16(22-19-10)7-6-15(21)17-9-12(20)14-8-11-4-2-3-5-13(11)23-14/h2-5,8,12,20H,6-7,9H2,1H3,(H,17,21). The summed E-state index contributed by atoms with van der Waals surface area (Å²) in [5.41, 5.74) is 0. The number of aliphatic hydroxyl groups is 1. The summed E-state index contributed by atoms with van der Waals surface area (Å²) in [5, 5.41) is 17.7. The van der Waals surface area contributed by atoms with Gasteiger partial charge >= 0.3 is 0 Å². The van der Waals surface area contributed by atoms with Crippen molar-refractivity contribution in [2.24, 2.45) is 0 Å². The summed E-state index contributed by atoms with van der Waals surface area (Å²) in [5.74, 6) is 0.851. The highest BCUT2D eigenvalue weighted by molar-refractivity contribution is 7.19. The first-order chi connectivity index (χ1) is 11.1. The first-order valence-electron chi connectivity index (χ1n) is 7.34.